The lowest BCUT2D eigenvalue weighted by molar-refractivity contribution is -0.140. The Morgan fingerprint density at radius 3 is 2.64 bits per heavy atom. The molecule has 0 fully saturated rings. The number of aromatic amines is 1. The smallest absolute Gasteiger partial charge is 0.435 e. The summed E-state index contributed by atoms with van der Waals surface area (Å²) >= 11 is 0. The van der Waals surface area contributed by atoms with Crippen LogP contribution in [0.3, 0.4) is 0 Å². The number of pyridine rings is 1. The highest BCUT2D eigenvalue weighted by atomic mass is 19.4. The van der Waals surface area contributed by atoms with E-state index in [1.807, 2.05) is 6.07 Å². The van der Waals surface area contributed by atoms with E-state index in [0.717, 1.165) is 0 Å². The average molecular weight is 460 g/mol. The SMILES string of the molecule is CCOc1cc(NC(=O)NCc2cc(C)c(-c3c(C(F)(F)F)n[nH]c3C)nn2)cc(C#N)n1. The van der Waals surface area contributed by atoms with Crippen molar-refractivity contribution in [1.29, 1.82) is 5.26 Å². The van der Waals surface area contributed by atoms with E-state index in [1.165, 1.54) is 25.1 Å². The van der Waals surface area contributed by atoms with Crippen LogP contribution in [-0.4, -0.2) is 38.0 Å². The zero-order chi connectivity index (χ0) is 24.2. The summed E-state index contributed by atoms with van der Waals surface area (Å²) in [6.45, 7) is 5.12. The molecule has 0 radical (unpaired) electrons. The molecule has 172 valence electrons. The number of hydrogen-bond donors (Lipinski definition) is 3. The number of urea groups is 1. The van der Waals surface area contributed by atoms with Crippen LogP contribution in [-0.2, 0) is 12.7 Å². The van der Waals surface area contributed by atoms with Gasteiger partial charge in [0.25, 0.3) is 0 Å². The van der Waals surface area contributed by atoms with Crippen LogP contribution in [0.1, 0.15) is 35.3 Å². The minimum Gasteiger partial charge on any atom is -0.478 e. The van der Waals surface area contributed by atoms with Crippen LogP contribution in [0.15, 0.2) is 18.2 Å². The molecule has 3 aromatic heterocycles. The first-order chi connectivity index (χ1) is 15.6. The van der Waals surface area contributed by atoms with E-state index in [2.05, 4.69) is 36.0 Å². The maximum absolute atomic E-state index is 13.2. The zero-order valence-electron chi connectivity index (χ0n) is 17.8. The summed E-state index contributed by atoms with van der Waals surface area (Å²) in [5, 5.41) is 27.7. The van der Waals surface area contributed by atoms with Crippen molar-refractivity contribution in [2.75, 3.05) is 11.9 Å². The van der Waals surface area contributed by atoms with Crippen molar-refractivity contribution < 1.29 is 22.7 Å². The summed E-state index contributed by atoms with van der Waals surface area (Å²) in [5.41, 5.74) is 0.173. The molecule has 3 heterocycles. The third-order valence-electron chi connectivity index (χ3n) is 4.38. The number of amides is 2. The number of carbonyl (C=O) groups is 1. The summed E-state index contributed by atoms with van der Waals surface area (Å²) in [6, 6.07) is 5.66. The largest absolute Gasteiger partial charge is 0.478 e. The van der Waals surface area contributed by atoms with Gasteiger partial charge in [0.1, 0.15) is 11.8 Å². The fraction of sp³-hybridized carbons (Fsp3) is 0.300. The maximum atomic E-state index is 13.2. The highest BCUT2D eigenvalue weighted by Gasteiger charge is 2.38. The number of nitrogens with one attached hydrogen (secondary N) is 3. The quantitative estimate of drug-likeness (QED) is 0.511. The number of H-pyrrole nitrogens is 1. The molecule has 0 unspecified atom stereocenters. The molecular weight excluding hydrogens is 441 g/mol. The number of nitriles is 1. The molecule has 13 heteroatoms. The molecule has 0 aliphatic heterocycles. The second-order valence-electron chi connectivity index (χ2n) is 6.87. The standard InChI is InChI=1S/C20H19F3N8O2/c1-4-33-15-7-12(6-13(8-24)26-15)27-19(32)25-9-14-5-10(2)17(30-29-14)16-11(3)28-31-18(16)20(21,22)23/h5-7H,4,9H2,1-3H3,(H,28,31)(H2,25,26,27,32). The Morgan fingerprint density at radius 2 is 2.00 bits per heavy atom. The minimum atomic E-state index is -4.65. The predicted molar refractivity (Wildman–Crippen MR) is 110 cm³/mol. The number of anilines is 1. The molecule has 0 aromatic carbocycles. The molecule has 0 atom stereocenters. The van der Waals surface area contributed by atoms with E-state index in [1.54, 1.807) is 13.8 Å². The van der Waals surface area contributed by atoms with E-state index in [0.29, 0.717) is 23.6 Å². The van der Waals surface area contributed by atoms with Gasteiger partial charge in [-0.15, -0.1) is 5.10 Å². The van der Waals surface area contributed by atoms with E-state index >= 15 is 0 Å². The first-order valence-corrected chi connectivity index (χ1v) is 9.68. The monoisotopic (exact) mass is 460 g/mol. The van der Waals surface area contributed by atoms with Gasteiger partial charge in [-0.1, -0.05) is 0 Å². The second-order valence-corrected chi connectivity index (χ2v) is 6.87. The van der Waals surface area contributed by atoms with Crippen LogP contribution in [0.25, 0.3) is 11.3 Å². The third-order valence-corrected chi connectivity index (χ3v) is 4.38. The zero-order valence-corrected chi connectivity index (χ0v) is 17.8. The average Bonchev–Trinajstić information content (AvgIpc) is 3.14. The Bertz CT molecular complexity index is 1220. The number of halogens is 3. The third kappa shape index (κ3) is 5.53. The van der Waals surface area contributed by atoms with Crippen molar-refractivity contribution in [2.45, 2.75) is 33.5 Å². The minimum absolute atomic E-state index is 0.0367. The fourth-order valence-corrected chi connectivity index (χ4v) is 3.00. The highest BCUT2D eigenvalue weighted by molar-refractivity contribution is 5.89. The molecule has 0 aliphatic carbocycles. The van der Waals surface area contributed by atoms with Gasteiger partial charge in [0, 0.05) is 11.8 Å². The van der Waals surface area contributed by atoms with E-state index < -0.39 is 17.9 Å². The lowest BCUT2D eigenvalue weighted by atomic mass is 10.0. The Balaban J connectivity index is 1.71. The number of rotatable bonds is 6. The topological polar surface area (TPSA) is 142 Å². The van der Waals surface area contributed by atoms with Crippen LogP contribution in [0.5, 0.6) is 5.88 Å². The highest BCUT2D eigenvalue weighted by Crippen LogP contribution is 2.37. The fourth-order valence-electron chi connectivity index (χ4n) is 3.00. The van der Waals surface area contributed by atoms with Gasteiger partial charge in [0.15, 0.2) is 5.69 Å². The Kier molecular flexibility index (Phi) is 6.76. The van der Waals surface area contributed by atoms with Gasteiger partial charge < -0.3 is 15.4 Å². The number of hydrogen-bond acceptors (Lipinski definition) is 7. The second kappa shape index (κ2) is 9.51. The maximum Gasteiger partial charge on any atom is 0.435 e. The molecule has 3 rings (SSSR count). The predicted octanol–water partition coefficient (Wildman–Crippen LogP) is 3.49. The first kappa shape index (κ1) is 23.5. The number of carbonyl (C=O) groups excluding carboxylic acids is 1. The number of aryl methyl sites for hydroxylation is 2. The number of ether oxygens (including phenoxy) is 1. The summed E-state index contributed by atoms with van der Waals surface area (Å²) in [7, 11) is 0. The van der Waals surface area contributed by atoms with Crippen molar-refractivity contribution in [3.8, 4) is 23.2 Å². The van der Waals surface area contributed by atoms with E-state index in [9.17, 15) is 18.0 Å². The van der Waals surface area contributed by atoms with Gasteiger partial charge in [0.2, 0.25) is 5.88 Å². The summed E-state index contributed by atoms with van der Waals surface area (Å²) in [4.78, 5) is 16.2. The summed E-state index contributed by atoms with van der Waals surface area (Å²) < 4.78 is 45.0. The lowest BCUT2D eigenvalue weighted by Crippen LogP contribution is -2.28. The van der Waals surface area contributed by atoms with Gasteiger partial charge in [-0.3, -0.25) is 5.10 Å². The van der Waals surface area contributed by atoms with Crippen molar-refractivity contribution >= 4 is 11.7 Å². The summed E-state index contributed by atoms with van der Waals surface area (Å²) in [5.74, 6) is 0.191. The van der Waals surface area contributed by atoms with Crippen LogP contribution >= 0.6 is 0 Å². The molecule has 3 aromatic rings. The molecule has 0 saturated carbocycles. The molecule has 3 N–H and O–H groups in total. The molecule has 0 aliphatic rings. The van der Waals surface area contributed by atoms with Crippen LogP contribution in [0, 0.1) is 25.2 Å². The van der Waals surface area contributed by atoms with Crippen LogP contribution < -0.4 is 15.4 Å². The van der Waals surface area contributed by atoms with Gasteiger partial charge in [-0.2, -0.15) is 28.6 Å². The van der Waals surface area contributed by atoms with Crippen molar-refractivity contribution in [3.63, 3.8) is 0 Å². The molecule has 33 heavy (non-hydrogen) atoms. The van der Waals surface area contributed by atoms with Gasteiger partial charge >= 0.3 is 12.2 Å². The Morgan fingerprint density at radius 1 is 1.24 bits per heavy atom. The first-order valence-electron chi connectivity index (χ1n) is 9.68. The van der Waals surface area contributed by atoms with Gasteiger partial charge in [0.05, 0.1) is 35.8 Å². The van der Waals surface area contributed by atoms with E-state index in [-0.39, 0.29) is 35.1 Å². The number of aromatic nitrogens is 5. The molecule has 0 saturated heterocycles. The Labute approximate surface area is 186 Å². The van der Waals surface area contributed by atoms with Crippen LogP contribution in [0.2, 0.25) is 0 Å². The Hall–Kier alpha value is -4.21. The van der Waals surface area contributed by atoms with Crippen molar-refractivity contribution in [1.82, 2.24) is 30.7 Å². The molecule has 10 nitrogen and oxygen atoms in total. The van der Waals surface area contributed by atoms with Gasteiger partial charge in [-0.25, -0.2) is 9.78 Å². The van der Waals surface area contributed by atoms with E-state index in [4.69, 9.17) is 10.00 Å². The van der Waals surface area contributed by atoms with Crippen LogP contribution in [0.4, 0.5) is 23.7 Å². The summed E-state index contributed by atoms with van der Waals surface area (Å²) in [6.07, 6.45) is -4.65. The van der Waals surface area contributed by atoms with Crippen molar-refractivity contribution in [3.05, 3.63) is 46.5 Å². The molecular formula is C20H19F3N8O2. The van der Waals surface area contributed by atoms with Crippen molar-refractivity contribution in [2.24, 2.45) is 0 Å². The van der Waals surface area contributed by atoms with Gasteiger partial charge in [-0.05, 0) is 38.5 Å². The normalized spacial score (nSPS) is 11.1. The molecule has 0 spiro atoms. The lowest BCUT2D eigenvalue weighted by Gasteiger charge is -2.11. The number of alkyl halides is 3. The molecule has 2 amide bonds. The number of nitrogens with zero attached hydrogens (tertiary/aromatic N) is 5. The molecule has 0 bridgehead atoms.